The van der Waals surface area contributed by atoms with Gasteiger partial charge in [0.15, 0.2) is 0 Å². The zero-order valence-corrected chi connectivity index (χ0v) is 19.4. The van der Waals surface area contributed by atoms with Crippen LogP contribution in [-0.4, -0.2) is 67.7 Å². The van der Waals surface area contributed by atoms with Crippen LogP contribution < -0.4 is 9.21 Å². The van der Waals surface area contributed by atoms with Crippen LogP contribution in [0.4, 0.5) is 11.6 Å². The number of carbonyl (C=O) groups is 1. The SMILES string of the molecule is Cc1cc(N2CCCS2(=O)=O)ncc1C(=O)N1CCN(c2ncc(C3CC3)cc2C)CC1. The highest BCUT2D eigenvalue weighted by molar-refractivity contribution is 7.93. The number of anilines is 2. The highest BCUT2D eigenvalue weighted by atomic mass is 32.2. The van der Waals surface area contributed by atoms with Crippen molar-refractivity contribution in [2.24, 2.45) is 0 Å². The van der Waals surface area contributed by atoms with Crippen LogP contribution in [0.15, 0.2) is 24.5 Å². The first-order chi connectivity index (χ1) is 15.3. The maximum Gasteiger partial charge on any atom is 0.255 e. The maximum atomic E-state index is 13.1. The first kappa shape index (κ1) is 21.2. The Kier molecular flexibility index (Phi) is 5.31. The lowest BCUT2D eigenvalue weighted by Crippen LogP contribution is -2.49. The van der Waals surface area contributed by atoms with Gasteiger partial charge in [-0.05, 0) is 61.8 Å². The summed E-state index contributed by atoms with van der Waals surface area (Å²) in [4.78, 5) is 26.3. The molecule has 3 fully saturated rings. The standard InChI is InChI=1S/C23H29N5O3S/c1-16-13-21(28-6-3-11-32(28,30)31)24-15-20(16)23(29)27-9-7-26(8-10-27)22-17(2)12-19(14-25-22)18-4-5-18/h12-15,18H,3-11H2,1-2H3. The zero-order valence-electron chi connectivity index (χ0n) is 18.6. The molecule has 170 valence electrons. The fraction of sp³-hybridized carbons (Fsp3) is 0.522. The van der Waals surface area contributed by atoms with Gasteiger partial charge in [-0.15, -0.1) is 0 Å². The number of rotatable bonds is 4. The number of pyridine rings is 2. The van der Waals surface area contributed by atoms with E-state index in [4.69, 9.17) is 4.98 Å². The van der Waals surface area contributed by atoms with Gasteiger partial charge in [0.1, 0.15) is 11.6 Å². The highest BCUT2D eigenvalue weighted by Gasteiger charge is 2.31. The lowest BCUT2D eigenvalue weighted by atomic mass is 10.1. The summed E-state index contributed by atoms with van der Waals surface area (Å²) in [6.45, 7) is 7.10. The summed E-state index contributed by atoms with van der Waals surface area (Å²) < 4.78 is 25.7. The fourth-order valence-corrected chi connectivity index (χ4v) is 6.16. The Morgan fingerprint density at radius 1 is 0.969 bits per heavy atom. The number of hydrogen-bond donors (Lipinski definition) is 0. The number of nitrogens with zero attached hydrogens (tertiary/aromatic N) is 5. The number of aryl methyl sites for hydroxylation is 2. The molecule has 3 aliphatic rings. The third kappa shape index (κ3) is 3.94. The van der Waals surface area contributed by atoms with Gasteiger partial charge in [0.05, 0.1) is 11.3 Å². The molecule has 1 amide bonds. The minimum atomic E-state index is -3.29. The zero-order chi connectivity index (χ0) is 22.5. The first-order valence-electron chi connectivity index (χ1n) is 11.3. The van der Waals surface area contributed by atoms with Crippen LogP contribution in [0.1, 0.15) is 52.2 Å². The lowest BCUT2D eigenvalue weighted by molar-refractivity contribution is 0.0745. The van der Waals surface area contributed by atoms with Crippen LogP contribution in [0.25, 0.3) is 0 Å². The van der Waals surface area contributed by atoms with Crippen LogP contribution >= 0.6 is 0 Å². The van der Waals surface area contributed by atoms with Crippen molar-refractivity contribution in [2.75, 3.05) is 47.7 Å². The second-order valence-corrected chi connectivity index (χ2v) is 11.1. The third-order valence-electron chi connectivity index (χ3n) is 6.67. The predicted octanol–water partition coefficient (Wildman–Crippen LogP) is 2.47. The van der Waals surface area contributed by atoms with E-state index in [1.165, 1.54) is 34.5 Å². The molecule has 8 nitrogen and oxygen atoms in total. The molecular weight excluding hydrogens is 426 g/mol. The minimum absolute atomic E-state index is 0.0563. The van der Waals surface area contributed by atoms with E-state index in [0.717, 1.165) is 24.5 Å². The summed E-state index contributed by atoms with van der Waals surface area (Å²) in [5.41, 5.74) is 3.81. The molecule has 0 unspecified atom stereocenters. The van der Waals surface area contributed by atoms with Crippen molar-refractivity contribution in [1.29, 1.82) is 0 Å². The van der Waals surface area contributed by atoms with Crippen molar-refractivity contribution in [3.05, 3.63) is 46.8 Å². The number of carbonyl (C=O) groups excluding carboxylic acids is 1. The Hall–Kier alpha value is -2.68. The van der Waals surface area contributed by atoms with Gasteiger partial charge in [-0.25, -0.2) is 18.4 Å². The molecule has 0 aromatic carbocycles. The second-order valence-electron chi connectivity index (χ2n) is 9.06. The summed E-state index contributed by atoms with van der Waals surface area (Å²) >= 11 is 0. The van der Waals surface area contributed by atoms with E-state index >= 15 is 0 Å². The van der Waals surface area contributed by atoms with Crippen LogP contribution in [-0.2, 0) is 10.0 Å². The van der Waals surface area contributed by atoms with Gasteiger partial charge in [0.25, 0.3) is 5.91 Å². The molecule has 2 aromatic rings. The number of aromatic nitrogens is 2. The van der Waals surface area contributed by atoms with E-state index in [2.05, 4.69) is 22.9 Å². The Morgan fingerprint density at radius 3 is 2.31 bits per heavy atom. The van der Waals surface area contributed by atoms with Crippen LogP contribution in [0, 0.1) is 13.8 Å². The summed E-state index contributed by atoms with van der Waals surface area (Å²) in [6, 6.07) is 3.97. The average molecular weight is 456 g/mol. The second kappa shape index (κ2) is 8.03. The van der Waals surface area contributed by atoms with Gasteiger partial charge in [-0.2, -0.15) is 0 Å². The largest absolute Gasteiger partial charge is 0.353 e. The molecule has 0 spiro atoms. The molecule has 2 aromatic heterocycles. The van der Waals surface area contributed by atoms with Gasteiger partial charge in [0, 0.05) is 45.1 Å². The van der Waals surface area contributed by atoms with Gasteiger partial charge >= 0.3 is 0 Å². The molecule has 5 rings (SSSR count). The van der Waals surface area contributed by atoms with E-state index in [-0.39, 0.29) is 11.7 Å². The molecule has 2 saturated heterocycles. The molecule has 32 heavy (non-hydrogen) atoms. The molecular formula is C23H29N5O3S. The van der Waals surface area contributed by atoms with E-state index in [1.807, 2.05) is 18.0 Å². The molecule has 1 aliphatic carbocycles. The highest BCUT2D eigenvalue weighted by Crippen LogP contribution is 2.40. The van der Waals surface area contributed by atoms with Gasteiger partial charge < -0.3 is 9.80 Å². The van der Waals surface area contributed by atoms with Crippen molar-refractivity contribution in [1.82, 2.24) is 14.9 Å². The lowest BCUT2D eigenvalue weighted by Gasteiger charge is -2.36. The first-order valence-corrected chi connectivity index (χ1v) is 12.9. The van der Waals surface area contributed by atoms with E-state index in [9.17, 15) is 13.2 Å². The van der Waals surface area contributed by atoms with Crippen molar-refractivity contribution in [3.63, 3.8) is 0 Å². The third-order valence-corrected chi connectivity index (χ3v) is 8.51. The molecule has 0 radical (unpaired) electrons. The number of sulfonamides is 1. The summed E-state index contributed by atoms with van der Waals surface area (Å²) in [5, 5.41) is 0. The summed E-state index contributed by atoms with van der Waals surface area (Å²) in [7, 11) is -3.29. The molecule has 0 N–H and O–H groups in total. The van der Waals surface area contributed by atoms with Gasteiger partial charge in [-0.1, -0.05) is 6.07 Å². The van der Waals surface area contributed by atoms with E-state index in [1.54, 1.807) is 6.07 Å². The smallest absolute Gasteiger partial charge is 0.255 e. The molecule has 0 bridgehead atoms. The molecule has 2 aliphatic heterocycles. The monoisotopic (exact) mass is 455 g/mol. The topological polar surface area (TPSA) is 86.7 Å². The Morgan fingerprint density at radius 2 is 1.72 bits per heavy atom. The van der Waals surface area contributed by atoms with Crippen molar-refractivity contribution < 1.29 is 13.2 Å². The van der Waals surface area contributed by atoms with Crippen molar-refractivity contribution in [2.45, 2.75) is 39.0 Å². The summed E-state index contributed by atoms with van der Waals surface area (Å²) in [5.74, 6) is 2.20. The fourth-order valence-electron chi connectivity index (χ4n) is 4.65. The Balaban J connectivity index is 1.25. The Bertz CT molecular complexity index is 1150. The van der Waals surface area contributed by atoms with Crippen LogP contribution in [0.5, 0.6) is 0 Å². The van der Waals surface area contributed by atoms with E-state index < -0.39 is 10.0 Å². The minimum Gasteiger partial charge on any atom is -0.353 e. The average Bonchev–Trinajstić information content (AvgIpc) is 3.56. The molecule has 1 saturated carbocycles. The summed E-state index contributed by atoms with van der Waals surface area (Å²) in [6.07, 6.45) is 6.67. The maximum absolute atomic E-state index is 13.1. The predicted molar refractivity (Wildman–Crippen MR) is 124 cm³/mol. The number of amides is 1. The van der Waals surface area contributed by atoms with Crippen LogP contribution in [0.3, 0.4) is 0 Å². The van der Waals surface area contributed by atoms with E-state index in [0.29, 0.717) is 43.4 Å². The Labute approximate surface area is 189 Å². The molecule has 0 atom stereocenters. The van der Waals surface area contributed by atoms with Crippen molar-refractivity contribution in [3.8, 4) is 0 Å². The number of hydrogen-bond acceptors (Lipinski definition) is 6. The number of piperazine rings is 1. The quantitative estimate of drug-likeness (QED) is 0.704. The normalized spacial score (nSPS) is 20.6. The van der Waals surface area contributed by atoms with Gasteiger partial charge in [-0.3, -0.25) is 9.10 Å². The molecule has 9 heteroatoms. The van der Waals surface area contributed by atoms with Gasteiger partial charge in [0.2, 0.25) is 10.0 Å². The van der Waals surface area contributed by atoms with Crippen molar-refractivity contribution >= 4 is 27.6 Å². The van der Waals surface area contributed by atoms with Crippen LogP contribution in [0.2, 0.25) is 0 Å². The molecule has 4 heterocycles.